The van der Waals surface area contributed by atoms with Crippen LogP contribution < -0.4 is 4.90 Å². The Labute approximate surface area is 121 Å². The summed E-state index contributed by atoms with van der Waals surface area (Å²) < 4.78 is 0. The quantitative estimate of drug-likeness (QED) is 0.764. The normalized spacial score (nSPS) is 17.2. The molecule has 5 heteroatoms. The fourth-order valence-electron chi connectivity index (χ4n) is 2.37. The van der Waals surface area contributed by atoms with Crippen LogP contribution in [0, 0.1) is 0 Å². The molecule has 1 aromatic heterocycles. The minimum atomic E-state index is 0.554. The van der Waals surface area contributed by atoms with Gasteiger partial charge in [-0.1, -0.05) is 0 Å². The van der Waals surface area contributed by atoms with Crippen molar-refractivity contribution in [1.29, 1.82) is 0 Å². The van der Waals surface area contributed by atoms with Crippen molar-refractivity contribution in [3.8, 4) is 0 Å². The molecule has 1 aromatic rings. The van der Waals surface area contributed by atoms with E-state index in [1.54, 1.807) is 0 Å². The lowest BCUT2D eigenvalue weighted by Crippen LogP contribution is -2.48. The van der Waals surface area contributed by atoms with Crippen LogP contribution in [0.1, 0.15) is 5.56 Å². The summed E-state index contributed by atoms with van der Waals surface area (Å²) in [5, 5.41) is 0. The van der Waals surface area contributed by atoms with E-state index >= 15 is 0 Å². The van der Waals surface area contributed by atoms with Crippen LogP contribution in [0.2, 0.25) is 0 Å². The third kappa shape index (κ3) is 4.06. The Morgan fingerprint density at radius 2 is 2.00 bits per heavy atom. The predicted molar refractivity (Wildman–Crippen MR) is 81.0 cm³/mol. The average Bonchev–Trinajstić information content (AvgIpc) is 2.45. The minimum absolute atomic E-state index is 0.554. The molecule has 1 aliphatic heterocycles. The summed E-state index contributed by atoms with van der Waals surface area (Å²) in [5.74, 6) is 0.554. The summed E-state index contributed by atoms with van der Waals surface area (Å²) in [6.45, 7) is 6.62. The van der Waals surface area contributed by atoms with Gasteiger partial charge in [0, 0.05) is 51.3 Å². The molecule has 4 nitrogen and oxygen atoms in total. The number of halogens is 1. The monoisotopic (exact) mass is 282 g/mol. The van der Waals surface area contributed by atoms with E-state index in [0.29, 0.717) is 5.88 Å². The molecule has 0 amide bonds. The van der Waals surface area contributed by atoms with E-state index in [0.717, 1.165) is 39.3 Å². The molecule has 2 heterocycles. The van der Waals surface area contributed by atoms with Crippen molar-refractivity contribution in [1.82, 2.24) is 14.8 Å². The number of alkyl halides is 1. The highest BCUT2D eigenvalue weighted by Gasteiger charge is 2.18. The summed E-state index contributed by atoms with van der Waals surface area (Å²) in [6.07, 6.45) is 3.75. The second-order valence-electron chi connectivity index (χ2n) is 5.27. The molecule has 0 unspecified atom stereocenters. The Bertz CT molecular complexity index is 389. The van der Waals surface area contributed by atoms with E-state index in [4.69, 9.17) is 11.6 Å². The van der Waals surface area contributed by atoms with Crippen LogP contribution in [-0.4, -0.2) is 68.1 Å². The van der Waals surface area contributed by atoms with Gasteiger partial charge in [-0.05, 0) is 25.7 Å². The molecule has 0 aliphatic carbocycles. The molecule has 2 rings (SSSR count). The highest BCUT2D eigenvalue weighted by Crippen LogP contribution is 2.22. The summed E-state index contributed by atoms with van der Waals surface area (Å²) in [4.78, 5) is 11.4. The molecule has 0 bridgehead atoms. The maximum atomic E-state index is 5.99. The van der Waals surface area contributed by atoms with Crippen LogP contribution in [0.4, 0.5) is 5.69 Å². The summed E-state index contributed by atoms with van der Waals surface area (Å²) in [5.41, 5.74) is 2.38. The second kappa shape index (κ2) is 7.08. The van der Waals surface area contributed by atoms with Crippen LogP contribution in [-0.2, 0) is 5.88 Å². The Balaban J connectivity index is 1.89. The first-order valence-electron chi connectivity index (χ1n) is 6.81. The Morgan fingerprint density at radius 3 is 2.63 bits per heavy atom. The van der Waals surface area contributed by atoms with Crippen molar-refractivity contribution in [2.75, 3.05) is 58.3 Å². The van der Waals surface area contributed by atoms with Crippen molar-refractivity contribution in [2.45, 2.75) is 5.88 Å². The molecule has 0 atom stereocenters. The number of anilines is 1. The molecule has 1 fully saturated rings. The topological polar surface area (TPSA) is 22.6 Å². The zero-order chi connectivity index (χ0) is 13.7. The first kappa shape index (κ1) is 14.6. The highest BCUT2D eigenvalue weighted by molar-refractivity contribution is 6.17. The molecule has 0 saturated carbocycles. The average molecular weight is 283 g/mol. The van der Waals surface area contributed by atoms with E-state index in [2.05, 4.69) is 33.8 Å². The van der Waals surface area contributed by atoms with Crippen molar-refractivity contribution >= 4 is 17.3 Å². The molecule has 0 N–H and O–H groups in total. The maximum Gasteiger partial charge on any atom is 0.0598 e. The fraction of sp³-hybridized carbons (Fsp3) is 0.643. The first-order chi connectivity index (χ1) is 9.20. The SMILES string of the molecule is CN(C)CCN1CCN(c2cnccc2CCl)CC1. The van der Waals surface area contributed by atoms with Crippen molar-refractivity contribution in [3.63, 3.8) is 0 Å². The van der Waals surface area contributed by atoms with E-state index in [9.17, 15) is 0 Å². The minimum Gasteiger partial charge on any atom is -0.367 e. The lowest BCUT2D eigenvalue weighted by atomic mass is 10.2. The van der Waals surface area contributed by atoms with Crippen LogP contribution in [0.25, 0.3) is 0 Å². The van der Waals surface area contributed by atoms with E-state index in [-0.39, 0.29) is 0 Å². The standard InChI is InChI=1S/C14H23ClN4/c1-17(2)5-6-18-7-9-19(10-8-18)14-12-16-4-3-13(14)11-15/h3-4,12H,5-11H2,1-2H3. The summed E-state index contributed by atoms with van der Waals surface area (Å²) in [7, 11) is 4.25. The fourth-order valence-corrected chi connectivity index (χ4v) is 2.59. The van der Waals surface area contributed by atoms with Gasteiger partial charge >= 0.3 is 0 Å². The van der Waals surface area contributed by atoms with Gasteiger partial charge in [0.2, 0.25) is 0 Å². The number of likely N-dealkylation sites (N-methyl/N-ethyl adjacent to an activating group) is 1. The summed E-state index contributed by atoms with van der Waals surface area (Å²) in [6, 6.07) is 2.01. The van der Waals surface area contributed by atoms with Gasteiger partial charge in [0.15, 0.2) is 0 Å². The number of hydrogen-bond donors (Lipinski definition) is 0. The molecule has 0 radical (unpaired) electrons. The Morgan fingerprint density at radius 1 is 1.26 bits per heavy atom. The van der Waals surface area contributed by atoms with Gasteiger partial charge in [-0.15, -0.1) is 11.6 Å². The van der Waals surface area contributed by atoms with Gasteiger partial charge in [-0.25, -0.2) is 0 Å². The van der Waals surface area contributed by atoms with Gasteiger partial charge in [0.1, 0.15) is 0 Å². The van der Waals surface area contributed by atoms with Crippen LogP contribution in [0.15, 0.2) is 18.5 Å². The number of piperazine rings is 1. The maximum absolute atomic E-state index is 5.99. The van der Waals surface area contributed by atoms with Crippen molar-refractivity contribution in [3.05, 3.63) is 24.0 Å². The molecule has 1 saturated heterocycles. The van der Waals surface area contributed by atoms with E-state index in [1.165, 1.54) is 11.3 Å². The number of pyridine rings is 1. The molecular formula is C14H23ClN4. The second-order valence-corrected chi connectivity index (χ2v) is 5.54. The molecule has 1 aliphatic rings. The van der Waals surface area contributed by atoms with Crippen molar-refractivity contribution in [2.24, 2.45) is 0 Å². The zero-order valence-corrected chi connectivity index (χ0v) is 12.6. The Kier molecular flexibility index (Phi) is 5.43. The number of aromatic nitrogens is 1. The molecule has 106 valence electrons. The van der Waals surface area contributed by atoms with E-state index in [1.807, 2.05) is 18.5 Å². The first-order valence-corrected chi connectivity index (χ1v) is 7.35. The lowest BCUT2D eigenvalue weighted by molar-refractivity contribution is 0.229. The largest absolute Gasteiger partial charge is 0.367 e. The van der Waals surface area contributed by atoms with Gasteiger partial charge < -0.3 is 9.80 Å². The number of rotatable bonds is 5. The smallest absolute Gasteiger partial charge is 0.0598 e. The Hall–Kier alpha value is -0.840. The highest BCUT2D eigenvalue weighted by atomic mass is 35.5. The number of hydrogen-bond acceptors (Lipinski definition) is 4. The van der Waals surface area contributed by atoms with Crippen molar-refractivity contribution < 1.29 is 0 Å². The molecular weight excluding hydrogens is 260 g/mol. The van der Waals surface area contributed by atoms with E-state index < -0.39 is 0 Å². The van der Waals surface area contributed by atoms with Gasteiger partial charge in [-0.2, -0.15) is 0 Å². The van der Waals surface area contributed by atoms with Gasteiger partial charge in [-0.3, -0.25) is 9.88 Å². The molecule has 19 heavy (non-hydrogen) atoms. The van der Waals surface area contributed by atoms with Crippen LogP contribution >= 0.6 is 11.6 Å². The van der Waals surface area contributed by atoms with Gasteiger partial charge in [0.05, 0.1) is 11.9 Å². The molecule has 0 aromatic carbocycles. The zero-order valence-electron chi connectivity index (χ0n) is 11.8. The lowest BCUT2D eigenvalue weighted by Gasteiger charge is -2.37. The predicted octanol–water partition coefficient (Wildman–Crippen LogP) is 1.50. The number of nitrogens with zero attached hydrogens (tertiary/aromatic N) is 4. The van der Waals surface area contributed by atoms with Crippen LogP contribution in [0.5, 0.6) is 0 Å². The third-order valence-electron chi connectivity index (χ3n) is 3.61. The summed E-state index contributed by atoms with van der Waals surface area (Å²) >= 11 is 5.99. The third-order valence-corrected chi connectivity index (χ3v) is 3.90. The van der Waals surface area contributed by atoms with Gasteiger partial charge in [0.25, 0.3) is 0 Å². The van der Waals surface area contributed by atoms with Crippen LogP contribution in [0.3, 0.4) is 0 Å². The molecule has 0 spiro atoms.